The van der Waals surface area contributed by atoms with Gasteiger partial charge in [0.15, 0.2) is 5.78 Å². The van der Waals surface area contributed by atoms with E-state index in [0.29, 0.717) is 6.42 Å². The number of ketones is 1. The van der Waals surface area contributed by atoms with Crippen molar-refractivity contribution in [3.63, 3.8) is 0 Å². The van der Waals surface area contributed by atoms with Gasteiger partial charge in [0.1, 0.15) is 0 Å². The van der Waals surface area contributed by atoms with Crippen LogP contribution in [0.25, 0.3) is 6.08 Å². The molecule has 0 aliphatic heterocycles. The summed E-state index contributed by atoms with van der Waals surface area (Å²) in [5.74, 6) is 0.163. The summed E-state index contributed by atoms with van der Waals surface area (Å²) in [5, 5.41) is 10.6. The van der Waals surface area contributed by atoms with Crippen LogP contribution in [0.2, 0.25) is 0 Å². The van der Waals surface area contributed by atoms with Crippen LogP contribution in [0.3, 0.4) is 0 Å². The fourth-order valence-corrected chi connectivity index (χ4v) is 4.40. The number of hydrogen-bond donors (Lipinski definition) is 1. The van der Waals surface area contributed by atoms with Gasteiger partial charge < -0.3 is 5.11 Å². The van der Waals surface area contributed by atoms with E-state index in [1.54, 1.807) is 0 Å². The smallest absolute Gasteiger partial charge is 0.184 e. The van der Waals surface area contributed by atoms with E-state index in [1.807, 2.05) is 13.0 Å². The molecule has 2 heteroatoms. The van der Waals surface area contributed by atoms with Gasteiger partial charge in [0, 0.05) is 11.0 Å². The molecule has 3 rings (SSSR count). The van der Waals surface area contributed by atoms with Gasteiger partial charge in [-0.3, -0.25) is 4.79 Å². The number of carbonyl (C=O) groups excluding carboxylic acids is 1. The number of aryl methyl sites for hydroxylation is 2. The predicted octanol–water partition coefficient (Wildman–Crippen LogP) is 4.78. The minimum Gasteiger partial charge on any atom is -0.392 e. The lowest BCUT2D eigenvalue weighted by Crippen LogP contribution is -2.42. The van der Waals surface area contributed by atoms with Crippen molar-refractivity contribution in [3.8, 4) is 0 Å². The van der Waals surface area contributed by atoms with E-state index in [9.17, 15) is 9.90 Å². The van der Waals surface area contributed by atoms with Crippen molar-refractivity contribution in [1.82, 2.24) is 0 Å². The van der Waals surface area contributed by atoms with Gasteiger partial charge in [0.2, 0.25) is 0 Å². The summed E-state index contributed by atoms with van der Waals surface area (Å²) in [6.45, 7) is 8.32. The number of aliphatic hydroxyl groups is 1. The molecule has 1 saturated carbocycles. The highest BCUT2D eigenvalue weighted by Crippen LogP contribution is 2.50. The lowest BCUT2D eigenvalue weighted by molar-refractivity contribution is -0.113. The molecular weight excluding hydrogens is 296 g/mol. The molecule has 0 aromatic heterocycles. The second-order valence-electron chi connectivity index (χ2n) is 7.65. The molecule has 0 spiro atoms. The van der Waals surface area contributed by atoms with Crippen LogP contribution < -0.4 is 0 Å². The molecule has 0 radical (unpaired) electrons. The first-order valence-electron chi connectivity index (χ1n) is 9.10. The van der Waals surface area contributed by atoms with Crippen LogP contribution in [0.15, 0.2) is 34.9 Å². The average Bonchev–Trinajstić information content (AvgIpc) is 2.56. The maximum absolute atomic E-state index is 12.9. The van der Waals surface area contributed by atoms with Gasteiger partial charge in [-0.2, -0.15) is 0 Å². The van der Waals surface area contributed by atoms with E-state index in [2.05, 4.69) is 39.0 Å². The molecule has 1 fully saturated rings. The van der Waals surface area contributed by atoms with Gasteiger partial charge in [0.25, 0.3) is 0 Å². The third kappa shape index (κ3) is 2.77. The van der Waals surface area contributed by atoms with Gasteiger partial charge in [-0.05, 0) is 74.3 Å². The van der Waals surface area contributed by atoms with Gasteiger partial charge in [-0.15, -0.1) is 0 Å². The minimum atomic E-state index is -0.351. The Hall–Kier alpha value is -1.67. The Bertz CT molecular complexity index is 738. The molecule has 128 valence electrons. The Morgan fingerprint density at radius 3 is 2.75 bits per heavy atom. The van der Waals surface area contributed by atoms with Crippen molar-refractivity contribution in [2.45, 2.75) is 65.9 Å². The van der Waals surface area contributed by atoms with E-state index in [4.69, 9.17) is 0 Å². The zero-order valence-corrected chi connectivity index (χ0v) is 15.3. The fourth-order valence-electron chi connectivity index (χ4n) is 4.40. The minimum absolute atomic E-state index is 0.163. The van der Waals surface area contributed by atoms with E-state index >= 15 is 0 Å². The largest absolute Gasteiger partial charge is 0.392 e. The summed E-state index contributed by atoms with van der Waals surface area (Å²) in [4.78, 5) is 12.9. The molecule has 1 aromatic carbocycles. The molecule has 0 amide bonds. The van der Waals surface area contributed by atoms with Crippen molar-refractivity contribution in [3.05, 3.63) is 51.6 Å². The number of aliphatic hydroxyl groups excluding tert-OH is 1. The van der Waals surface area contributed by atoms with E-state index in [1.165, 1.54) is 16.7 Å². The normalized spacial score (nSPS) is 29.1. The molecule has 2 aliphatic carbocycles. The van der Waals surface area contributed by atoms with Crippen LogP contribution in [0.1, 0.15) is 63.1 Å². The van der Waals surface area contributed by atoms with Crippen LogP contribution in [0, 0.1) is 12.3 Å². The standard InChI is InChI=1S/C22H28O2/c1-5-16-9-10-17(14(2)11-16)12-18-13-22(4)19(15(3)21(18)24)7-6-8-20(22)23/h9-12,20,23H,5-8,13H2,1-4H3/b18-12-/t20-,22-/m0/s1. The lowest BCUT2D eigenvalue weighted by Gasteiger charge is -2.45. The van der Waals surface area contributed by atoms with Crippen molar-refractivity contribution >= 4 is 11.9 Å². The summed E-state index contributed by atoms with van der Waals surface area (Å²) < 4.78 is 0. The summed E-state index contributed by atoms with van der Waals surface area (Å²) in [6, 6.07) is 6.45. The van der Waals surface area contributed by atoms with E-state index in [-0.39, 0.29) is 17.3 Å². The highest BCUT2D eigenvalue weighted by molar-refractivity contribution is 6.12. The van der Waals surface area contributed by atoms with Crippen molar-refractivity contribution in [2.75, 3.05) is 0 Å². The van der Waals surface area contributed by atoms with Crippen molar-refractivity contribution < 1.29 is 9.90 Å². The fraction of sp³-hybridized carbons (Fsp3) is 0.500. The number of benzene rings is 1. The maximum Gasteiger partial charge on any atom is 0.184 e. The van der Waals surface area contributed by atoms with E-state index in [0.717, 1.165) is 42.4 Å². The first-order valence-corrected chi connectivity index (χ1v) is 9.10. The SMILES string of the molecule is CCc1ccc(/C=C2/C[C@@]3(C)C(=C(C)C2=O)CCC[C@@H]3O)c(C)c1. The number of carbonyl (C=O) groups is 1. The first kappa shape index (κ1) is 17.2. The third-order valence-electron chi connectivity index (χ3n) is 6.04. The second kappa shape index (κ2) is 6.33. The number of fused-ring (bicyclic) bond motifs is 1. The Morgan fingerprint density at radius 1 is 1.33 bits per heavy atom. The Kier molecular flexibility index (Phi) is 4.52. The molecule has 2 aliphatic rings. The van der Waals surface area contributed by atoms with Crippen LogP contribution in [0.5, 0.6) is 0 Å². The highest BCUT2D eigenvalue weighted by Gasteiger charge is 2.45. The summed E-state index contributed by atoms with van der Waals surface area (Å²) in [7, 11) is 0. The van der Waals surface area contributed by atoms with Crippen LogP contribution in [-0.2, 0) is 11.2 Å². The Morgan fingerprint density at radius 2 is 2.08 bits per heavy atom. The zero-order valence-electron chi connectivity index (χ0n) is 15.3. The summed E-state index contributed by atoms with van der Waals surface area (Å²) >= 11 is 0. The molecule has 0 unspecified atom stereocenters. The molecule has 2 atom stereocenters. The molecule has 24 heavy (non-hydrogen) atoms. The molecular formula is C22H28O2. The lowest BCUT2D eigenvalue weighted by atomic mass is 9.61. The Labute approximate surface area is 145 Å². The topological polar surface area (TPSA) is 37.3 Å². The number of allylic oxidation sites excluding steroid dienone is 2. The van der Waals surface area contributed by atoms with Crippen molar-refractivity contribution in [1.29, 1.82) is 0 Å². The zero-order chi connectivity index (χ0) is 17.5. The van der Waals surface area contributed by atoms with Gasteiger partial charge in [0.05, 0.1) is 6.10 Å². The van der Waals surface area contributed by atoms with Crippen molar-refractivity contribution in [2.24, 2.45) is 5.41 Å². The highest BCUT2D eigenvalue weighted by atomic mass is 16.3. The number of hydrogen-bond acceptors (Lipinski definition) is 2. The van der Waals surface area contributed by atoms with Crippen LogP contribution >= 0.6 is 0 Å². The third-order valence-corrected chi connectivity index (χ3v) is 6.04. The Balaban J connectivity index is 2.04. The summed E-state index contributed by atoms with van der Waals surface area (Å²) in [6.07, 6.45) is 6.12. The van der Waals surface area contributed by atoms with Gasteiger partial charge in [-0.1, -0.05) is 37.6 Å². The predicted molar refractivity (Wildman–Crippen MR) is 98.8 cm³/mol. The summed E-state index contributed by atoms with van der Waals surface area (Å²) in [5.41, 5.74) is 6.24. The van der Waals surface area contributed by atoms with Crippen LogP contribution in [0.4, 0.5) is 0 Å². The monoisotopic (exact) mass is 324 g/mol. The van der Waals surface area contributed by atoms with Crippen LogP contribution in [-0.4, -0.2) is 17.0 Å². The van der Waals surface area contributed by atoms with Gasteiger partial charge in [-0.25, -0.2) is 0 Å². The number of Topliss-reactive ketones (excluding diaryl/α,β-unsaturated/α-hetero) is 1. The molecule has 2 nitrogen and oxygen atoms in total. The molecule has 1 aromatic rings. The maximum atomic E-state index is 12.9. The first-order chi connectivity index (χ1) is 11.4. The quantitative estimate of drug-likeness (QED) is 0.795. The van der Waals surface area contributed by atoms with Gasteiger partial charge >= 0.3 is 0 Å². The average molecular weight is 324 g/mol. The molecule has 0 heterocycles. The number of rotatable bonds is 2. The molecule has 0 saturated heterocycles. The van der Waals surface area contributed by atoms with E-state index < -0.39 is 0 Å². The second-order valence-corrected chi connectivity index (χ2v) is 7.65. The molecule has 0 bridgehead atoms. The molecule has 1 N–H and O–H groups in total.